The molecule has 1 aromatic carbocycles. The fraction of sp³-hybridized carbons (Fsp3) is 0.562. The van der Waals surface area contributed by atoms with Crippen molar-refractivity contribution in [3.8, 4) is 0 Å². The van der Waals surface area contributed by atoms with Crippen molar-refractivity contribution in [3.63, 3.8) is 0 Å². The lowest BCUT2D eigenvalue weighted by Gasteiger charge is -2.36. The van der Waals surface area contributed by atoms with Crippen molar-refractivity contribution in [3.05, 3.63) is 30.3 Å². The molecule has 0 aromatic heterocycles. The average molecular weight is 259 g/mol. The van der Waals surface area contributed by atoms with Crippen LogP contribution in [0.4, 0.5) is 5.69 Å². The van der Waals surface area contributed by atoms with Crippen LogP contribution in [0.15, 0.2) is 30.3 Å². The summed E-state index contributed by atoms with van der Waals surface area (Å²) in [5.74, 6) is 0.251. The number of rotatable bonds is 3. The highest BCUT2D eigenvalue weighted by atomic mass is 16.7. The van der Waals surface area contributed by atoms with Crippen molar-refractivity contribution < 1.29 is 9.63 Å². The number of benzene rings is 1. The number of anilines is 1. The second kappa shape index (κ2) is 5.33. The van der Waals surface area contributed by atoms with E-state index >= 15 is 0 Å². The highest BCUT2D eigenvalue weighted by Gasteiger charge is 2.42. The molecular weight excluding hydrogens is 238 g/mol. The van der Waals surface area contributed by atoms with Crippen LogP contribution in [-0.2, 0) is 9.63 Å². The second-order valence-corrected chi connectivity index (χ2v) is 5.95. The lowest BCUT2D eigenvalue weighted by atomic mass is 9.71. The van der Waals surface area contributed by atoms with Gasteiger partial charge < -0.3 is 0 Å². The summed E-state index contributed by atoms with van der Waals surface area (Å²) in [5, 5.41) is 0. The molecule has 3 rings (SSSR count). The first-order valence-corrected chi connectivity index (χ1v) is 7.27. The smallest absolute Gasteiger partial charge is 0.164 e. The van der Waals surface area contributed by atoms with Crippen LogP contribution in [0.2, 0.25) is 0 Å². The molecule has 2 fully saturated rings. The molecule has 0 saturated heterocycles. The normalized spacial score (nSPS) is 25.7. The van der Waals surface area contributed by atoms with Gasteiger partial charge in [-0.25, -0.2) is 0 Å². The Bertz CT molecular complexity index is 437. The van der Waals surface area contributed by atoms with Crippen LogP contribution in [0.25, 0.3) is 0 Å². The maximum Gasteiger partial charge on any atom is 0.164 e. The number of para-hydroxylation sites is 1. The molecule has 1 spiro atoms. The number of ketones is 1. The van der Waals surface area contributed by atoms with Crippen LogP contribution < -0.4 is 5.48 Å². The summed E-state index contributed by atoms with van der Waals surface area (Å²) in [5.41, 5.74) is 4.22. The van der Waals surface area contributed by atoms with E-state index < -0.39 is 0 Å². The summed E-state index contributed by atoms with van der Waals surface area (Å²) in [7, 11) is 0. The van der Waals surface area contributed by atoms with Gasteiger partial charge in [-0.15, -0.1) is 0 Å². The van der Waals surface area contributed by atoms with E-state index in [2.05, 4.69) is 5.48 Å². The zero-order valence-electron chi connectivity index (χ0n) is 11.2. The molecule has 2 aliphatic rings. The Kier molecular flexibility index (Phi) is 3.56. The van der Waals surface area contributed by atoms with Crippen molar-refractivity contribution in [1.29, 1.82) is 0 Å². The van der Waals surface area contributed by atoms with Crippen molar-refractivity contribution in [2.45, 2.75) is 51.0 Å². The topological polar surface area (TPSA) is 38.3 Å². The van der Waals surface area contributed by atoms with Gasteiger partial charge in [0.15, 0.2) is 5.78 Å². The number of hydrogen-bond donors (Lipinski definition) is 1. The number of hydrogen-bond acceptors (Lipinski definition) is 3. The molecule has 0 aliphatic heterocycles. The van der Waals surface area contributed by atoms with E-state index in [1.807, 2.05) is 30.3 Å². The molecule has 3 nitrogen and oxygen atoms in total. The third-order valence-corrected chi connectivity index (χ3v) is 4.64. The largest absolute Gasteiger partial charge is 0.297 e. The minimum absolute atomic E-state index is 0.251. The Morgan fingerprint density at radius 1 is 1.11 bits per heavy atom. The van der Waals surface area contributed by atoms with E-state index in [1.54, 1.807) is 0 Å². The van der Waals surface area contributed by atoms with Gasteiger partial charge in [-0.2, -0.15) is 0 Å². The molecule has 2 saturated carbocycles. The molecule has 3 heteroatoms. The fourth-order valence-corrected chi connectivity index (χ4v) is 3.49. The quantitative estimate of drug-likeness (QED) is 0.841. The molecule has 0 unspecified atom stereocenters. The van der Waals surface area contributed by atoms with E-state index in [-0.39, 0.29) is 11.9 Å². The summed E-state index contributed by atoms with van der Waals surface area (Å²) >= 11 is 0. The predicted molar refractivity (Wildman–Crippen MR) is 74.7 cm³/mol. The Labute approximate surface area is 114 Å². The first-order chi connectivity index (χ1) is 9.27. The van der Waals surface area contributed by atoms with Crippen LogP contribution in [0.1, 0.15) is 44.9 Å². The summed E-state index contributed by atoms with van der Waals surface area (Å²) in [6.45, 7) is 0. The predicted octanol–water partition coefficient (Wildman–Crippen LogP) is 3.71. The maximum absolute atomic E-state index is 12.0. The summed E-state index contributed by atoms with van der Waals surface area (Å²) in [6, 6.07) is 9.75. The average Bonchev–Trinajstić information content (AvgIpc) is 2.90. The molecule has 0 heterocycles. The first-order valence-electron chi connectivity index (χ1n) is 7.27. The molecule has 0 amide bonds. The van der Waals surface area contributed by atoms with Gasteiger partial charge in [-0.1, -0.05) is 31.0 Å². The number of Topliss-reactive ketones (excluding diaryl/α,β-unsaturated/α-hetero) is 1. The zero-order valence-corrected chi connectivity index (χ0v) is 11.2. The van der Waals surface area contributed by atoms with E-state index in [0.717, 1.165) is 18.5 Å². The molecular formula is C16H21NO2. The van der Waals surface area contributed by atoms with Crippen LogP contribution in [0, 0.1) is 5.41 Å². The van der Waals surface area contributed by atoms with Gasteiger partial charge in [-0.05, 0) is 43.2 Å². The van der Waals surface area contributed by atoms with Gasteiger partial charge in [-0.3, -0.25) is 15.1 Å². The molecule has 1 atom stereocenters. The molecule has 1 N–H and O–H groups in total. The van der Waals surface area contributed by atoms with E-state index in [9.17, 15) is 4.79 Å². The van der Waals surface area contributed by atoms with Gasteiger partial charge in [0.1, 0.15) is 6.10 Å². The number of carbonyl (C=O) groups is 1. The Morgan fingerprint density at radius 2 is 1.84 bits per heavy atom. The molecule has 102 valence electrons. The van der Waals surface area contributed by atoms with Gasteiger partial charge in [0.2, 0.25) is 0 Å². The minimum Gasteiger partial charge on any atom is -0.297 e. The van der Waals surface area contributed by atoms with Gasteiger partial charge in [0, 0.05) is 6.42 Å². The molecule has 0 bridgehead atoms. The number of nitrogens with one attached hydrogen (secondary N) is 1. The first kappa shape index (κ1) is 12.7. The highest BCUT2D eigenvalue weighted by molar-refractivity contribution is 5.84. The summed E-state index contributed by atoms with van der Waals surface area (Å²) < 4.78 is 0. The molecule has 0 radical (unpaired) electrons. The fourth-order valence-electron chi connectivity index (χ4n) is 3.49. The van der Waals surface area contributed by atoms with Crippen LogP contribution >= 0.6 is 0 Å². The van der Waals surface area contributed by atoms with E-state index in [0.29, 0.717) is 11.8 Å². The van der Waals surface area contributed by atoms with Gasteiger partial charge in [0.25, 0.3) is 0 Å². The SMILES string of the molecule is O=C1CCC2(CCCC2)C[C@H]1ONc1ccccc1. The van der Waals surface area contributed by atoms with Crippen molar-refractivity contribution in [2.24, 2.45) is 5.41 Å². The van der Waals surface area contributed by atoms with E-state index in [4.69, 9.17) is 4.84 Å². The highest BCUT2D eigenvalue weighted by Crippen LogP contribution is 2.48. The summed E-state index contributed by atoms with van der Waals surface area (Å²) in [4.78, 5) is 17.7. The van der Waals surface area contributed by atoms with Crippen LogP contribution in [-0.4, -0.2) is 11.9 Å². The standard InChI is InChI=1S/C16H21NO2/c18-14-8-11-16(9-4-5-10-16)12-15(14)19-17-13-6-2-1-3-7-13/h1-3,6-7,15,17H,4-5,8-12H2/t15-/m1/s1. The maximum atomic E-state index is 12.0. The molecule has 2 aliphatic carbocycles. The van der Waals surface area contributed by atoms with Crippen LogP contribution in [0.5, 0.6) is 0 Å². The van der Waals surface area contributed by atoms with Crippen molar-refractivity contribution in [2.75, 3.05) is 5.48 Å². The Hall–Kier alpha value is -1.35. The number of carbonyl (C=O) groups excluding carboxylic acids is 1. The third-order valence-electron chi connectivity index (χ3n) is 4.64. The van der Waals surface area contributed by atoms with Crippen LogP contribution in [0.3, 0.4) is 0 Å². The molecule has 19 heavy (non-hydrogen) atoms. The monoisotopic (exact) mass is 259 g/mol. The van der Waals surface area contributed by atoms with Crippen molar-refractivity contribution in [1.82, 2.24) is 0 Å². The lowest BCUT2D eigenvalue weighted by Crippen LogP contribution is -2.38. The molecule has 1 aromatic rings. The second-order valence-electron chi connectivity index (χ2n) is 5.95. The lowest BCUT2D eigenvalue weighted by molar-refractivity contribution is -0.135. The van der Waals surface area contributed by atoms with Gasteiger partial charge >= 0.3 is 0 Å². The van der Waals surface area contributed by atoms with Gasteiger partial charge in [0.05, 0.1) is 5.69 Å². The Balaban J connectivity index is 1.61. The third kappa shape index (κ3) is 2.81. The van der Waals surface area contributed by atoms with E-state index in [1.165, 1.54) is 25.7 Å². The Morgan fingerprint density at radius 3 is 2.58 bits per heavy atom. The summed E-state index contributed by atoms with van der Waals surface area (Å²) in [6.07, 6.45) is 7.54. The zero-order chi connectivity index (χ0) is 13.1. The van der Waals surface area contributed by atoms with Crippen molar-refractivity contribution >= 4 is 11.5 Å². The minimum atomic E-state index is -0.271.